The van der Waals surface area contributed by atoms with Crippen molar-refractivity contribution in [3.05, 3.63) is 80.0 Å². The number of methoxy groups -OCH3 is 1. The van der Waals surface area contributed by atoms with Gasteiger partial charge in [-0.15, -0.1) is 0 Å². The minimum absolute atomic E-state index is 0.0373. The largest absolute Gasteiger partial charge is 0.493 e. The third-order valence-corrected chi connectivity index (χ3v) is 5.60. The number of anilines is 2. The van der Waals surface area contributed by atoms with Crippen LogP contribution in [0.2, 0.25) is 5.02 Å². The fourth-order valence-corrected chi connectivity index (χ4v) is 3.74. The van der Waals surface area contributed by atoms with Crippen molar-refractivity contribution >= 4 is 23.1 Å². The zero-order chi connectivity index (χ0) is 24.7. The van der Waals surface area contributed by atoms with Gasteiger partial charge in [0.1, 0.15) is 11.5 Å². The van der Waals surface area contributed by atoms with Crippen LogP contribution in [0.5, 0.6) is 11.5 Å². The van der Waals surface area contributed by atoms with E-state index in [1.807, 2.05) is 24.3 Å². The van der Waals surface area contributed by atoms with E-state index in [1.165, 1.54) is 4.57 Å². The van der Waals surface area contributed by atoms with Crippen molar-refractivity contribution in [1.29, 1.82) is 0 Å². The molecule has 2 aromatic carbocycles. The van der Waals surface area contributed by atoms with Gasteiger partial charge in [0.2, 0.25) is 0 Å². The van der Waals surface area contributed by atoms with E-state index in [0.717, 1.165) is 10.1 Å². The van der Waals surface area contributed by atoms with Gasteiger partial charge >= 0.3 is 5.69 Å². The highest BCUT2D eigenvalue weighted by molar-refractivity contribution is 6.30. The highest BCUT2D eigenvalue weighted by Gasteiger charge is 2.23. The Hall–Kier alpha value is -3.43. The lowest BCUT2D eigenvalue weighted by Gasteiger charge is -2.27. The van der Waals surface area contributed by atoms with Gasteiger partial charge in [0.05, 0.1) is 7.11 Å². The van der Waals surface area contributed by atoms with E-state index < -0.39 is 11.2 Å². The summed E-state index contributed by atoms with van der Waals surface area (Å²) in [6, 6.07) is 14.4. The monoisotopic (exact) mass is 488 g/mol. The summed E-state index contributed by atoms with van der Waals surface area (Å²) in [6.07, 6.45) is 0.261. The summed E-state index contributed by atoms with van der Waals surface area (Å²) in [6.45, 7) is 2.21. The molecule has 0 unspecified atom stereocenters. The highest BCUT2D eigenvalue weighted by atomic mass is 35.5. The van der Waals surface area contributed by atoms with Crippen molar-refractivity contribution in [1.82, 2.24) is 9.13 Å². The summed E-state index contributed by atoms with van der Waals surface area (Å²) in [5, 5.41) is 9.83. The molecule has 0 saturated carbocycles. The third kappa shape index (κ3) is 5.55. The number of rotatable bonds is 11. The Morgan fingerprint density at radius 1 is 1.06 bits per heavy atom. The standard InChI is InChI=1S/C24H29ClN4O5/c1-3-28-22(26)21(23(31)29(24(28)32)13-6-14-30)27(15-17-9-11-18(25)12-10-17)16-34-20-8-5-4-7-19(20)33-2/h4-5,7-12,30H,3,6,13-16,26H2,1-2H3. The molecule has 3 aromatic rings. The second kappa shape index (κ2) is 11.6. The first kappa shape index (κ1) is 25.2. The summed E-state index contributed by atoms with van der Waals surface area (Å²) in [4.78, 5) is 28.0. The topological polar surface area (TPSA) is 112 Å². The first-order valence-electron chi connectivity index (χ1n) is 10.9. The smallest absolute Gasteiger partial charge is 0.332 e. The quantitative estimate of drug-likeness (QED) is 0.399. The molecule has 3 N–H and O–H groups in total. The fraction of sp³-hybridized carbons (Fsp3) is 0.333. The van der Waals surface area contributed by atoms with E-state index in [2.05, 4.69) is 0 Å². The van der Waals surface area contributed by atoms with Crippen molar-refractivity contribution in [2.45, 2.75) is 33.0 Å². The van der Waals surface area contributed by atoms with Crippen molar-refractivity contribution in [3.8, 4) is 11.5 Å². The Morgan fingerprint density at radius 2 is 1.74 bits per heavy atom. The Morgan fingerprint density at radius 3 is 2.35 bits per heavy atom. The average Bonchev–Trinajstić information content (AvgIpc) is 2.84. The van der Waals surface area contributed by atoms with E-state index in [9.17, 15) is 14.7 Å². The van der Waals surface area contributed by atoms with Crippen LogP contribution in [0.25, 0.3) is 0 Å². The Kier molecular flexibility index (Phi) is 8.61. The van der Waals surface area contributed by atoms with Crippen LogP contribution in [0.15, 0.2) is 58.1 Å². The number of hydrogen-bond donors (Lipinski definition) is 2. The number of para-hydroxylation sites is 2. The van der Waals surface area contributed by atoms with Crippen LogP contribution >= 0.6 is 11.6 Å². The molecule has 0 aliphatic heterocycles. The molecule has 0 bridgehead atoms. The predicted molar refractivity (Wildman–Crippen MR) is 133 cm³/mol. The Labute approximate surface area is 202 Å². The van der Waals surface area contributed by atoms with Crippen LogP contribution in [0.1, 0.15) is 18.9 Å². The van der Waals surface area contributed by atoms with Gasteiger partial charge in [-0.25, -0.2) is 4.79 Å². The summed E-state index contributed by atoms with van der Waals surface area (Å²) in [7, 11) is 1.54. The number of nitrogens with zero attached hydrogens (tertiary/aromatic N) is 3. The van der Waals surface area contributed by atoms with E-state index in [-0.39, 0.29) is 50.9 Å². The van der Waals surface area contributed by atoms with Crippen molar-refractivity contribution in [2.75, 3.05) is 31.1 Å². The second-order valence-corrected chi connectivity index (χ2v) is 7.98. The first-order chi connectivity index (χ1) is 16.4. The Balaban J connectivity index is 2.09. The molecule has 0 fully saturated rings. The minimum Gasteiger partial charge on any atom is -0.493 e. The fourth-order valence-electron chi connectivity index (χ4n) is 3.61. The number of halogens is 1. The van der Waals surface area contributed by atoms with Gasteiger partial charge in [0, 0.05) is 31.3 Å². The number of nitrogens with two attached hydrogens (primary N) is 1. The minimum atomic E-state index is -0.543. The molecule has 182 valence electrons. The molecule has 0 aliphatic rings. The van der Waals surface area contributed by atoms with Crippen LogP contribution in [0.4, 0.5) is 11.5 Å². The summed E-state index contributed by atoms with van der Waals surface area (Å²) in [5.74, 6) is 1.09. The zero-order valence-corrected chi connectivity index (χ0v) is 20.0. The normalized spacial score (nSPS) is 10.8. The van der Waals surface area contributed by atoms with Gasteiger partial charge < -0.3 is 25.2 Å². The van der Waals surface area contributed by atoms with Gasteiger partial charge in [0.25, 0.3) is 5.56 Å². The maximum atomic E-state index is 13.4. The van der Waals surface area contributed by atoms with E-state index in [4.69, 9.17) is 26.8 Å². The van der Waals surface area contributed by atoms with Crippen LogP contribution in [0, 0.1) is 0 Å². The lowest BCUT2D eigenvalue weighted by atomic mass is 10.2. The van der Waals surface area contributed by atoms with Gasteiger partial charge in [0.15, 0.2) is 18.2 Å². The predicted octanol–water partition coefficient (Wildman–Crippen LogP) is 2.70. The average molecular weight is 489 g/mol. The van der Waals surface area contributed by atoms with Gasteiger partial charge in [-0.05, 0) is 43.2 Å². The number of aliphatic hydroxyl groups excluding tert-OH is 1. The molecule has 0 radical (unpaired) electrons. The third-order valence-electron chi connectivity index (χ3n) is 5.35. The molecule has 34 heavy (non-hydrogen) atoms. The molecule has 0 saturated heterocycles. The maximum Gasteiger partial charge on any atom is 0.332 e. The van der Waals surface area contributed by atoms with Gasteiger partial charge in [-0.2, -0.15) is 0 Å². The van der Waals surface area contributed by atoms with Crippen molar-refractivity contribution in [2.24, 2.45) is 0 Å². The van der Waals surface area contributed by atoms with Crippen LogP contribution in [-0.2, 0) is 19.6 Å². The van der Waals surface area contributed by atoms with E-state index in [1.54, 1.807) is 43.2 Å². The number of ether oxygens (including phenoxy) is 2. The van der Waals surface area contributed by atoms with Crippen LogP contribution < -0.4 is 31.4 Å². The summed E-state index contributed by atoms with van der Waals surface area (Å²) < 4.78 is 13.8. The number of aromatic nitrogens is 2. The molecule has 10 heteroatoms. The summed E-state index contributed by atoms with van der Waals surface area (Å²) in [5.41, 5.74) is 6.30. The summed E-state index contributed by atoms with van der Waals surface area (Å²) >= 11 is 6.03. The van der Waals surface area contributed by atoms with Gasteiger partial charge in [-0.3, -0.25) is 13.9 Å². The van der Waals surface area contributed by atoms with E-state index in [0.29, 0.717) is 16.5 Å². The van der Waals surface area contributed by atoms with Gasteiger partial charge in [-0.1, -0.05) is 35.9 Å². The van der Waals surface area contributed by atoms with Crippen LogP contribution in [-0.4, -0.2) is 34.7 Å². The molecule has 1 aromatic heterocycles. The number of hydrogen-bond acceptors (Lipinski definition) is 7. The molecular weight excluding hydrogens is 460 g/mol. The molecular formula is C24H29ClN4O5. The lowest BCUT2D eigenvalue weighted by Crippen LogP contribution is -2.45. The molecule has 0 spiro atoms. The van der Waals surface area contributed by atoms with Crippen molar-refractivity contribution in [3.63, 3.8) is 0 Å². The first-order valence-corrected chi connectivity index (χ1v) is 11.3. The number of aliphatic hydroxyl groups is 1. The second-order valence-electron chi connectivity index (χ2n) is 7.54. The number of nitrogen functional groups attached to an aromatic ring is 1. The lowest BCUT2D eigenvalue weighted by molar-refractivity contribution is 0.276. The molecule has 1 heterocycles. The van der Waals surface area contributed by atoms with E-state index >= 15 is 0 Å². The zero-order valence-electron chi connectivity index (χ0n) is 19.2. The van der Waals surface area contributed by atoms with Crippen LogP contribution in [0.3, 0.4) is 0 Å². The maximum absolute atomic E-state index is 13.4. The number of benzene rings is 2. The SMILES string of the molecule is CCn1c(N)c(N(COc2ccccc2OC)Cc2ccc(Cl)cc2)c(=O)n(CCCO)c1=O. The van der Waals surface area contributed by atoms with Crippen molar-refractivity contribution < 1.29 is 14.6 Å². The Bertz CT molecular complexity index is 1220. The molecule has 9 nitrogen and oxygen atoms in total. The molecule has 0 atom stereocenters. The molecule has 0 amide bonds. The molecule has 0 aliphatic carbocycles. The highest BCUT2D eigenvalue weighted by Crippen LogP contribution is 2.27. The molecule has 3 rings (SSSR count).